The summed E-state index contributed by atoms with van der Waals surface area (Å²) < 4.78 is 10.8. The van der Waals surface area contributed by atoms with E-state index < -0.39 is 6.09 Å². The predicted molar refractivity (Wildman–Crippen MR) is 71.5 cm³/mol. The molecule has 0 aromatic carbocycles. The van der Waals surface area contributed by atoms with Crippen molar-refractivity contribution in [1.82, 2.24) is 4.90 Å². The van der Waals surface area contributed by atoms with E-state index in [-0.39, 0.29) is 24.1 Å². The largest absolute Gasteiger partial charge is 0.469 e. The Kier molecular flexibility index (Phi) is 5.23. The summed E-state index contributed by atoms with van der Waals surface area (Å²) in [4.78, 5) is 23.7. The van der Waals surface area contributed by atoms with Crippen molar-refractivity contribution >= 4 is 12.1 Å². The molecule has 1 heterocycles. The van der Waals surface area contributed by atoms with E-state index >= 15 is 0 Å². The molecule has 114 valence electrons. The Bertz CT molecular complexity index is 343. The number of rotatable bonds is 3. The van der Waals surface area contributed by atoms with E-state index in [2.05, 4.69) is 0 Å². The molecule has 0 aromatic rings. The van der Waals surface area contributed by atoms with E-state index in [4.69, 9.17) is 14.6 Å². The van der Waals surface area contributed by atoms with Crippen molar-refractivity contribution in [3.63, 3.8) is 0 Å². The van der Waals surface area contributed by atoms with Gasteiger partial charge in [-0.25, -0.2) is 4.79 Å². The third-order valence-electron chi connectivity index (χ3n) is 4.31. The van der Waals surface area contributed by atoms with Gasteiger partial charge < -0.3 is 19.5 Å². The molecule has 20 heavy (non-hydrogen) atoms. The second kappa shape index (κ2) is 6.92. The van der Waals surface area contributed by atoms with Crippen LogP contribution >= 0.6 is 0 Å². The average Bonchev–Trinajstić information content (AvgIpc) is 2.48. The molecule has 2 aliphatic rings. The Balaban J connectivity index is 1.69. The topological polar surface area (TPSA) is 76.1 Å². The standard InChI is InChI=1S/C14H23NO5/c1-19-13(16)10-2-4-11(5-3-10)20-12-6-8-15(9-7-12)14(17)18/h10-12H,2-9H2,1H3,(H,17,18). The van der Waals surface area contributed by atoms with Crippen LogP contribution in [0.2, 0.25) is 0 Å². The smallest absolute Gasteiger partial charge is 0.407 e. The first-order chi connectivity index (χ1) is 9.60. The minimum atomic E-state index is -0.845. The highest BCUT2D eigenvalue weighted by Gasteiger charge is 2.30. The van der Waals surface area contributed by atoms with Crippen LogP contribution in [0.1, 0.15) is 38.5 Å². The molecule has 1 saturated carbocycles. The summed E-state index contributed by atoms with van der Waals surface area (Å²) in [7, 11) is 1.43. The van der Waals surface area contributed by atoms with Crippen molar-refractivity contribution in [1.29, 1.82) is 0 Å². The van der Waals surface area contributed by atoms with Crippen molar-refractivity contribution in [3.05, 3.63) is 0 Å². The van der Waals surface area contributed by atoms with Crippen LogP contribution in [0.5, 0.6) is 0 Å². The summed E-state index contributed by atoms with van der Waals surface area (Å²) in [6, 6.07) is 0. The number of hydrogen-bond acceptors (Lipinski definition) is 4. The number of ether oxygens (including phenoxy) is 2. The molecule has 2 rings (SSSR count). The van der Waals surface area contributed by atoms with Crippen molar-refractivity contribution in [2.75, 3.05) is 20.2 Å². The molecule has 0 spiro atoms. The number of carbonyl (C=O) groups is 2. The van der Waals surface area contributed by atoms with Crippen LogP contribution in [0.25, 0.3) is 0 Å². The van der Waals surface area contributed by atoms with E-state index in [0.717, 1.165) is 38.5 Å². The van der Waals surface area contributed by atoms with Crippen LogP contribution < -0.4 is 0 Å². The Morgan fingerprint density at radius 1 is 1.00 bits per heavy atom. The molecule has 0 atom stereocenters. The summed E-state index contributed by atoms with van der Waals surface area (Å²) in [5.41, 5.74) is 0. The average molecular weight is 285 g/mol. The number of piperidine rings is 1. The Morgan fingerprint density at radius 3 is 2.05 bits per heavy atom. The second-order valence-corrected chi connectivity index (χ2v) is 5.60. The molecule has 0 bridgehead atoms. The minimum Gasteiger partial charge on any atom is -0.469 e. The van der Waals surface area contributed by atoms with Gasteiger partial charge in [0, 0.05) is 13.1 Å². The maximum atomic E-state index is 11.4. The van der Waals surface area contributed by atoms with Crippen molar-refractivity contribution < 1.29 is 24.2 Å². The molecule has 1 aliphatic heterocycles. The number of nitrogens with zero attached hydrogens (tertiary/aromatic N) is 1. The number of esters is 1. The monoisotopic (exact) mass is 285 g/mol. The summed E-state index contributed by atoms with van der Waals surface area (Å²) in [6.07, 6.45) is 4.48. The molecule has 6 heteroatoms. The lowest BCUT2D eigenvalue weighted by atomic mass is 9.87. The van der Waals surface area contributed by atoms with Crippen LogP contribution in [0, 0.1) is 5.92 Å². The van der Waals surface area contributed by atoms with E-state index in [1.54, 1.807) is 0 Å². The fourth-order valence-electron chi connectivity index (χ4n) is 3.06. The van der Waals surface area contributed by atoms with Gasteiger partial charge in [-0.05, 0) is 38.5 Å². The molecule has 0 aromatic heterocycles. The lowest BCUT2D eigenvalue weighted by Gasteiger charge is -2.34. The van der Waals surface area contributed by atoms with Crippen molar-refractivity contribution in [3.8, 4) is 0 Å². The second-order valence-electron chi connectivity index (χ2n) is 5.60. The molecule has 1 aliphatic carbocycles. The molecular weight excluding hydrogens is 262 g/mol. The fourth-order valence-corrected chi connectivity index (χ4v) is 3.06. The number of amides is 1. The van der Waals surface area contributed by atoms with Crippen molar-refractivity contribution in [2.24, 2.45) is 5.92 Å². The summed E-state index contributed by atoms with van der Waals surface area (Å²) >= 11 is 0. The van der Waals surface area contributed by atoms with Crippen LogP contribution in [-0.4, -0.2) is 54.5 Å². The first kappa shape index (κ1) is 15.1. The maximum Gasteiger partial charge on any atom is 0.407 e. The lowest BCUT2D eigenvalue weighted by molar-refractivity contribution is -0.148. The van der Waals surface area contributed by atoms with Crippen LogP contribution in [0.15, 0.2) is 0 Å². The van der Waals surface area contributed by atoms with Gasteiger partial charge in [0.1, 0.15) is 0 Å². The third kappa shape index (κ3) is 3.85. The van der Waals surface area contributed by atoms with Crippen molar-refractivity contribution in [2.45, 2.75) is 50.7 Å². The van der Waals surface area contributed by atoms with Gasteiger partial charge in [0.25, 0.3) is 0 Å². The van der Waals surface area contributed by atoms with Gasteiger partial charge in [0.2, 0.25) is 0 Å². The zero-order valence-corrected chi connectivity index (χ0v) is 11.9. The lowest BCUT2D eigenvalue weighted by Crippen LogP contribution is -2.41. The van der Waals surface area contributed by atoms with Gasteiger partial charge in [0.05, 0.1) is 25.2 Å². The van der Waals surface area contributed by atoms with E-state index in [1.165, 1.54) is 12.0 Å². The quantitative estimate of drug-likeness (QED) is 0.801. The molecule has 0 radical (unpaired) electrons. The SMILES string of the molecule is COC(=O)C1CCC(OC2CCN(C(=O)O)CC2)CC1. The molecule has 0 unspecified atom stereocenters. The van der Waals surface area contributed by atoms with Gasteiger partial charge in [-0.3, -0.25) is 4.79 Å². The molecule has 1 N–H and O–H groups in total. The number of likely N-dealkylation sites (tertiary alicyclic amines) is 1. The first-order valence-electron chi connectivity index (χ1n) is 7.31. The summed E-state index contributed by atoms with van der Waals surface area (Å²) in [5.74, 6) is -0.0908. The van der Waals surface area contributed by atoms with Gasteiger partial charge in [-0.1, -0.05) is 0 Å². The zero-order valence-electron chi connectivity index (χ0n) is 11.9. The predicted octanol–water partition coefficient (Wildman–Crippen LogP) is 1.88. The zero-order chi connectivity index (χ0) is 14.5. The number of carboxylic acid groups (broad SMARTS) is 1. The molecule has 1 amide bonds. The first-order valence-corrected chi connectivity index (χ1v) is 7.31. The number of carbonyl (C=O) groups excluding carboxylic acids is 1. The molecule has 6 nitrogen and oxygen atoms in total. The molecular formula is C14H23NO5. The summed E-state index contributed by atoms with van der Waals surface area (Å²) in [5, 5.41) is 8.89. The van der Waals surface area contributed by atoms with Gasteiger partial charge >= 0.3 is 12.1 Å². The van der Waals surface area contributed by atoms with Gasteiger partial charge in [0.15, 0.2) is 0 Å². The van der Waals surface area contributed by atoms with Crippen LogP contribution in [0.4, 0.5) is 4.79 Å². The Hall–Kier alpha value is -1.30. The highest BCUT2D eigenvalue weighted by molar-refractivity contribution is 5.72. The van der Waals surface area contributed by atoms with E-state index in [9.17, 15) is 9.59 Å². The van der Waals surface area contributed by atoms with Gasteiger partial charge in [-0.15, -0.1) is 0 Å². The number of hydrogen-bond donors (Lipinski definition) is 1. The Labute approximate surface area is 119 Å². The van der Waals surface area contributed by atoms with E-state index in [0.29, 0.717) is 13.1 Å². The highest BCUT2D eigenvalue weighted by atomic mass is 16.5. The maximum absolute atomic E-state index is 11.4. The summed E-state index contributed by atoms with van der Waals surface area (Å²) in [6.45, 7) is 1.11. The van der Waals surface area contributed by atoms with Crippen LogP contribution in [0.3, 0.4) is 0 Å². The minimum absolute atomic E-state index is 0.0220. The normalized spacial score (nSPS) is 28.1. The fraction of sp³-hybridized carbons (Fsp3) is 0.857. The molecule has 2 fully saturated rings. The third-order valence-corrected chi connectivity index (χ3v) is 4.31. The van der Waals surface area contributed by atoms with Gasteiger partial charge in [-0.2, -0.15) is 0 Å². The van der Waals surface area contributed by atoms with E-state index in [1.807, 2.05) is 0 Å². The number of methoxy groups -OCH3 is 1. The molecule has 1 saturated heterocycles. The van der Waals surface area contributed by atoms with Crippen LogP contribution in [-0.2, 0) is 14.3 Å². The Morgan fingerprint density at radius 2 is 1.55 bits per heavy atom. The highest BCUT2D eigenvalue weighted by Crippen LogP contribution is 2.29.